The Balaban J connectivity index is 1.91. The Hall–Kier alpha value is -0.410. The van der Waals surface area contributed by atoms with Gasteiger partial charge < -0.3 is 10.5 Å². The maximum atomic E-state index is 12.4. The van der Waals surface area contributed by atoms with Crippen LogP contribution in [-0.2, 0) is 9.53 Å². The monoisotopic (exact) mass is 267 g/mol. The molecule has 3 nitrogen and oxygen atoms in total. The quantitative estimate of drug-likeness (QED) is 0.851. The van der Waals surface area contributed by atoms with Crippen LogP contribution in [0.4, 0.5) is 0 Å². The first-order valence-electron chi connectivity index (χ1n) is 7.95. The van der Waals surface area contributed by atoms with Crippen molar-refractivity contribution in [3.05, 3.63) is 0 Å². The summed E-state index contributed by atoms with van der Waals surface area (Å²) in [6.07, 6.45) is 8.50. The van der Waals surface area contributed by atoms with E-state index in [9.17, 15) is 4.79 Å². The van der Waals surface area contributed by atoms with Crippen molar-refractivity contribution in [3.8, 4) is 0 Å². The SMILES string of the molecule is CC(C)C(N)CC(=O)C1CCOC2(CCCCC2)C1. The molecular weight excluding hydrogens is 238 g/mol. The second-order valence-electron chi connectivity index (χ2n) is 6.86. The van der Waals surface area contributed by atoms with Gasteiger partial charge in [0, 0.05) is 25.0 Å². The van der Waals surface area contributed by atoms with Crippen LogP contribution in [0.1, 0.15) is 65.2 Å². The van der Waals surface area contributed by atoms with E-state index in [2.05, 4.69) is 13.8 Å². The van der Waals surface area contributed by atoms with Crippen molar-refractivity contribution in [2.75, 3.05) is 6.61 Å². The summed E-state index contributed by atoms with van der Waals surface area (Å²) in [4.78, 5) is 12.4. The van der Waals surface area contributed by atoms with Crippen LogP contribution in [0, 0.1) is 11.8 Å². The number of carbonyl (C=O) groups excluding carboxylic acids is 1. The van der Waals surface area contributed by atoms with Crippen molar-refractivity contribution >= 4 is 5.78 Å². The number of hydrogen-bond acceptors (Lipinski definition) is 3. The predicted molar refractivity (Wildman–Crippen MR) is 76.9 cm³/mol. The highest BCUT2D eigenvalue weighted by Gasteiger charge is 2.40. The molecule has 0 amide bonds. The molecule has 2 fully saturated rings. The van der Waals surface area contributed by atoms with Crippen molar-refractivity contribution in [1.29, 1.82) is 0 Å². The average Bonchev–Trinajstić information content (AvgIpc) is 2.39. The summed E-state index contributed by atoms with van der Waals surface area (Å²) in [5, 5.41) is 0. The van der Waals surface area contributed by atoms with E-state index in [1.165, 1.54) is 19.3 Å². The molecule has 1 spiro atoms. The molecule has 2 rings (SSSR count). The minimum absolute atomic E-state index is 0.0117. The molecule has 1 saturated carbocycles. The van der Waals surface area contributed by atoms with Crippen molar-refractivity contribution in [1.82, 2.24) is 0 Å². The van der Waals surface area contributed by atoms with Gasteiger partial charge in [0.2, 0.25) is 0 Å². The van der Waals surface area contributed by atoms with Crippen LogP contribution in [0.2, 0.25) is 0 Å². The molecule has 1 aliphatic heterocycles. The van der Waals surface area contributed by atoms with E-state index in [0.717, 1.165) is 32.3 Å². The molecule has 1 saturated heterocycles. The molecule has 2 N–H and O–H groups in total. The normalized spacial score (nSPS) is 28.5. The van der Waals surface area contributed by atoms with Crippen molar-refractivity contribution in [3.63, 3.8) is 0 Å². The lowest BCUT2D eigenvalue weighted by Crippen LogP contribution is -2.44. The molecule has 0 aromatic carbocycles. The molecule has 110 valence electrons. The number of carbonyl (C=O) groups is 1. The van der Waals surface area contributed by atoms with E-state index < -0.39 is 0 Å². The van der Waals surface area contributed by atoms with E-state index in [0.29, 0.717) is 18.1 Å². The van der Waals surface area contributed by atoms with Crippen LogP contribution in [0.25, 0.3) is 0 Å². The van der Waals surface area contributed by atoms with Gasteiger partial charge in [-0.2, -0.15) is 0 Å². The highest BCUT2D eigenvalue weighted by atomic mass is 16.5. The molecule has 0 aromatic rings. The number of nitrogens with two attached hydrogens (primary N) is 1. The van der Waals surface area contributed by atoms with Gasteiger partial charge in [0.25, 0.3) is 0 Å². The molecule has 3 heteroatoms. The molecule has 2 unspecified atom stereocenters. The van der Waals surface area contributed by atoms with Crippen LogP contribution < -0.4 is 5.73 Å². The Morgan fingerprint density at radius 3 is 2.63 bits per heavy atom. The zero-order valence-corrected chi connectivity index (χ0v) is 12.5. The van der Waals surface area contributed by atoms with Gasteiger partial charge >= 0.3 is 0 Å². The summed E-state index contributed by atoms with van der Waals surface area (Å²) in [5.74, 6) is 0.943. The zero-order chi connectivity index (χ0) is 13.9. The largest absolute Gasteiger partial charge is 0.375 e. The van der Waals surface area contributed by atoms with Crippen LogP contribution in [-0.4, -0.2) is 24.0 Å². The van der Waals surface area contributed by atoms with Crippen LogP contribution in [0.3, 0.4) is 0 Å². The van der Waals surface area contributed by atoms with Gasteiger partial charge in [-0.3, -0.25) is 4.79 Å². The Labute approximate surface area is 117 Å². The van der Waals surface area contributed by atoms with E-state index in [-0.39, 0.29) is 17.6 Å². The molecule has 0 aromatic heterocycles. The lowest BCUT2D eigenvalue weighted by molar-refractivity contribution is -0.143. The Bertz CT molecular complexity index is 302. The third-order valence-corrected chi connectivity index (χ3v) is 5.01. The smallest absolute Gasteiger partial charge is 0.137 e. The summed E-state index contributed by atoms with van der Waals surface area (Å²) in [6.45, 7) is 4.93. The van der Waals surface area contributed by atoms with Gasteiger partial charge in [-0.15, -0.1) is 0 Å². The third kappa shape index (κ3) is 3.79. The van der Waals surface area contributed by atoms with Crippen molar-refractivity contribution in [2.24, 2.45) is 17.6 Å². The number of ketones is 1. The lowest BCUT2D eigenvalue weighted by atomic mass is 9.74. The third-order valence-electron chi connectivity index (χ3n) is 5.01. The second kappa shape index (κ2) is 6.36. The Morgan fingerprint density at radius 2 is 2.00 bits per heavy atom. The number of rotatable bonds is 4. The van der Waals surface area contributed by atoms with Gasteiger partial charge in [-0.25, -0.2) is 0 Å². The van der Waals surface area contributed by atoms with Crippen molar-refractivity contribution < 1.29 is 9.53 Å². The van der Waals surface area contributed by atoms with Crippen LogP contribution >= 0.6 is 0 Å². The lowest BCUT2D eigenvalue weighted by Gasteiger charge is -2.43. The number of ether oxygens (including phenoxy) is 1. The summed E-state index contributed by atoms with van der Waals surface area (Å²) in [6, 6.07) is 0.0117. The maximum Gasteiger partial charge on any atom is 0.137 e. The molecule has 19 heavy (non-hydrogen) atoms. The van der Waals surface area contributed by atoms with Gasteiger partial charge in [-0.1, -0.05) is 33.1 Å². The second-order valence-corrected chi connectivity index (χ2v) is 6.86. The first-order chi connectivity index (χ1) is 9.02. The summed E-state index contributed by atoms with van der Waals surface area (Å²) in [5.41, 5.74) is 6.07. The highest BCUT2D eigenvalue weighted by Crippen LogP contribution is 2.41. The van der Waals surface area contributed by atoms with E-state index in [1.54, 1.807) is 0 Å². The fraction of sp³-hybridized carbons (Fsp3) is 0.938. The summed E-state index contributed by atoms with van der Waals surface area (Å²) < 4.78 is 6.06. The molecule has 1 heterocycles. The van der Waals surface area contributed by atoms with Gasteiger partial charge in [0.1, 0.15) is 5.78 Å². The number of Topliss-reactive ketones (excluding diaryl/α,β-unsaturated/α-hetero) is 1. The fourth-order valence-electron chi connectivity index (χ4n) is 3.48. The highest BCUT2D eigenvalue weighted by molar-refractivity contribution is 5.81. The molecule has 1 aliphatic carbocycles. The van der Waals surface area contributed by atoms with E-state index >= 15 is 0 Å². The molecular formula is C16H29NO2. The van der Waals surface area contributed by atoms with Gasteiger partial charge in [-0.05, 0) is 31.6 Å². The molecule has 2 aliphatic rings. The fourth-order valence-corrected chi connectivity index (χ4v) is 3.48. The standard InChI is InChI=1S/C16H29NO2/c1-12(2)14(17)10-15(18)13-6-9-19-16(11-13)7-4-3-5-8-16/h12-14H,3-11,17H2,1-2H3. The minimum atomic E-state index is 0.0117. The average molecular weight is 267 g/mol. The zero-order valence-electron chi connectivity index (χ0n) is 12.5. The summed E-state index contributed by atoms with van der Waals surface area (Å²) >= 11 is 0. The first-order valence-corrected chi connectivity index (χ1v) is 7.95. The predicted octanol–water partition coefficient (Wildman–Crippen LogP) is 3.06. The topological polar surface area (TPSA) is 52.3 Å². The van der Waals surface area contributed by atoms with Gasteiger partial charge in [0.15, 0.2) is 0 Å². The molecule has 0 radical (unpaired) electrons. The van der Waals surface area contributed by atoms with Crippen LogP contribution in [0.5, 0.6) is 0 Å². The first kappa shape index (κ1) is 15.0. The molecule has 2 atom stereocenters. The maximum absolute atomic E-state index is 12.4. The number of hydrogen-bond donors (Lipinski definition) is 1. The van der Waals surface area contributed by atoms with Crippen molar-refractivity contribution in [2.45, 2.75) is 76.9 Å². The summed E-state index contributed by atoms with van der Waals surface area (Å²) in [7, 11) is 0. The van der Waals surface area contributed by atoms with E-state index in [4.69, 9.17) is 10.5 Å². The minimum Gasteiger partial charge on any atom is -0.375 e. The van der Waals surface area contributed by atoms with Crippen LogP contribution in [0.15, 0.2) is 0 Å². The Morgan fingerprint density at radius 1 is 1.32 bits per heavy atom. The van der Waals surface area contributed by atoms with E-state index in [1.807, 2.05) is 0 Å². The van der Waals surface area contributed by atoms with Gasteiger partial charge in [0.05, 0.1) is 5.60 Å². The Kier molecular flexibility index (Phi) is 5.02. The molecule has 0 bridgehead atoms.